The number of pyridine rings is 1. The Morgan fingerprint density at radius 1 is 1.09 bits per heavy atom. The van der Waals surface area contributed by atoms with E-state index in [0.29, 0.717) is 29.6 Å². The number of hydrogen-bond acceptors (Lipinski definition) is 6. The molecule has 34 heavy (non-hydrogen) atoms. The van der Waals surface area contributed by atoms with Crippen LogP contribution in [-0.4, -0.2) is 56.0 Å². The number of hydrogen-bond donors (Lipinski definition) is 1. The molecule has 0 radical (unpaired) electrons. The van der Waals surface area contributed by atoms with Gasteiger partial charge in [-0.15, -0.1) is 0 Å². The average molecular weight is 482 g/mol. The highest BCUT2D eigenvalue weighted by atomic mass is 32.2. The van der Waals surface area contributed by atoms with Crippen LogP contribution in [0.4, 0.5) is 4.39 Å². The second kappa shape index (κ2) is 10.5. The number of halogens is 1. The Hall–Kier alpha value is -2.94. The lowest BCUT2D eigenvalue weighted by atomic mass is 10.0. The Morgan fingerprint density at radius 3 is 2.44 bits per heavy atom. The van der Waals surface area contributed by atoms with Crippen molar-refractivity contribution < 1.29 is 17.6 Å². The Bertz CT molecular complexity index is 1240. The Kier molecular flexibility index (Phi) is 7.50. The zero-order chi connectivity index (χ0) is 24.1. The molecule has 1 saturated heterocycles. The lowest BCUT2D eigenvalue weighted by molar-refractivity contribution is 0.0903. The van der Waals surface area contributed by atoms with Crippen molar-refractivity contribution in [2.24, 2.45) is 0 Å². The maximum atomic E-state index is 13.3. The number of aromatic nitrogens is 1. The molecule has 1 fully saturated rings. The molecule has 1 N–H and O–H groups in total. The minimum absolute atomic E-state index is 0.0527. The zero-order valence-corrected chi connectivity index (χ0v) is 19.9. The van der Waals surface area contributed by atoms with E-state index in [1.807, 2.05) is 18.3 Å². The Labute approximate surface area is 199 Å². The van der Waals surface area contributed by atoms with Crippen LogP contribution in [0.3, 0.4) is 0 Å². The molecule has 4 rings (SSSR count). The molecule has 0 unspecified atom stereocenters. The number of rotatable bonds is 8. The molecule has 0 aliphatic carbocycles. The molecule has 0 bridgehead atoms. The molecule has 0 spiro atoms. The summed E-state index contributed by atoms with van der Waals surface area (Å²) in [7, 11) is -3.21. The van der Waals surface area contributed by atoms with E-state index < -0.39 is 9.84 Å². The monoisotopic (exact) mass is 481 g/mol. The summed E-state index contributed by atoms with van der Waals surface area (Å²) in [6, 6.07) is 16.9. The number of Topliss-reactive ketones (excluding diaryl/α,β-unsaturated/α-hetero) is 1. The van der Waals surface area contributed by atoms with E-state index in [1.165, 1.54) is 18.4 Å². The summed E-state index contributed by atoms with van der Waals surface area (Å²) in [4.78, 5) is 19.3. The largest absolute Gasteiger partial charge is 0.310 e. The van der Waals surface area contributed by atoms with E-state index in [4.69, 9.17) is 0 Å². The van der Waals surface area contributed by atoms with Gasteiger partial charge in [0, 0.05) is 49.3 Å². The number of nitrogens with zero attached hydrogens (tertiary/aromatic N) is 2. The van der Waals surface area contributed by atoms with E-state index in [9.17, 15) is 17.6 Å². The minimum atomic E-state index is -3.21. The van der Waals surface area contributed by atoms with Gasteiger partial charge in [-0.05, 0) is 48.7 Å². The highest BCUT2D eigenvalue weighted by Crippen LogP contribution is 2.20. The van der Waals surface area contributed by atoms with E-state index in [2.05, 4.69) is 15.2 Å². The SMILES string of the molecule is CS(=O)(=O)c1ccc(-c2ccc(CNC3CCN(CC(=O)c4cccc(F)c4)CC3)cn2)cc1. The first kappa shape index (κ1) is 24.2. The standard InChI is InChI=1S/C26H28FN3O3S/c1-34(32,33)24-8-6-20(7-9-24)25-10-5-19(17-29-25)16-28-23-11-13-30(14-12-23)18-26(31)21-3-2-4-22(27)15-21/h2-10,15,17,23,28H,11-14,16,18H2,1H3. The van der Waals surface area contributed by atoms with Crippen molar-refractivity contribution in [3.05, 3.63) is 83.8 Å². The predicted molar refractivity (Wildman–Crippen MR) is 130 cm³/mol. The molecular formula is C26H28FN3O3S. The first-order valence-corrected chi connectivity index (χ1v) is 13.2. The molecule has 1 aliphatic heterocycles. The second-order valence-corrected chi connectivity index (χ2v) is 10.7. The third-order valence-corrected chi connectivity index (χ3v) is 7.23. The zero-order valence-electron chi connectivity index (χ0n) is 19.1. The Morgan fingerprint density at radius 2 is 1.82 bits per heavy atom. The lowest BCUT2D eigenvalue weighted by Crippen LogP contribution is -2.44. The number of sulfone groups is 1. The van der Waals surface area contributed by atoms with Crippen LogP contribution in [0.1, 0.15) is 28.8 Å². The van der Waals surface area contributed by atoms with Crippen molar-refractivity contribution >= 4 is 15.6 Å². The fourth-order valence-corrected chi connectivity index (χ4v) is 4.72. The van der Waals surface area contributed by atoms with Crippen LogP contribution in [-0.2, 0) is 16.4 Å². The lowest BCUT2D eigenvalue weighted by Gasteiger charge is -2.32. The topological polar surface area (TPSA) is 79.4 Å². The van der Waals surface area contributed by atoms with Crippen LogP contribution in [0, 0.1) is 5.82 Å². The number of carbonyl (C=O) groups is 1. The average Bonchev–Trinajstić information content (AvgIpc) is 2.83. The van der Waals surface area contributed by atoms with Gasteiger partial charge in [-0.1, -0.05) is 30.3 Å². The van der Waals surface area contributed by atoms with Gasteiger partial charge in [-0.25, -0.2) is 12.8 Å². The molecule has 0 atom stereocenters. The normalized spacial score (nSPS) is 15.4. The molecule has 3 aromatic rings. The summed E-state index contributed by atoms with van der Waals surface area (Å²) in [5, 5.41) is 3.57. The second-order valence-electron chi connectivity index (χ2n) is 8.71. The number of likely N-dealkylation sites (tertiary alicyclic amines) is 1. The molecule has 1 aromatic heterocycles. The molecule has 2 heterocycles. The van der Waals surface area contributed by atoms with Gasteiger partial charge in [0.1, 0.15) is 5.82 Å². The number of piperidine rings is 1. The van der Waals surface area contributed by atoms with Gasteiger partial charge in [0.15, 0.2) is 15.6 Å². The van der Waals surface area contributed by atoms with Crippen LogP contribution < -0.4 is 5.32 Å². The van der Waals surface area contributed by atoms with Gasteiger partial charge in [-0.3, -0.25) is 14.7 Å². The van der Waals surface area contributed by atoms with Crippen LogP contribution >= 0.6 is 0 Å². The van der Waals surface area contributed by atoms with Crippen molar-refractivity contribution in [3.8, 4) is 11.3 Å². The van der Waals surface area contributed by atoms with E-state index in [0.717, 1.165) is 42.8 Å². The van der Waals surface area contributed by atoms with Gasteiger partial charge < -0.3 is 5.32 Å². The molecule has 0 saturated carbocycles. The summed E-state index contributed by atoms with van der Waals surface area (Å²) < 4.78 is 36.6. The van der Waals surface area contributed by atoms with Crippen molar-refractivity contribution in [1.82, 2.24) is 15.2 Å². The third-order valence-electron chi connectivity index (χ3n) is 6.10. The van der Waals surface area contributed by atoms with Gasteiger partial charge >= 0.3 is 0 Å². The molecule has 8 heteroatoms. The number of carbonyl (C=O) groups excluding carboxylic acids is 1. The van der Waals surface area contributed by atoms with Crippen molar-refractivity contribution in [3.63, 3.8) is 0 Å². The highest BCUT2D eigenvalue weighted by Gasteiger charge is 2.21. The molecule has 1 aliphatic rings. The summed E-state index contributed by atoms with van der Waals surface area (Å²) in [5.74, 6) is -0.441. The minimum Gasteiger partial charge on any atom is -0.310 e. The summed E-state index contributed by atoms with van der Waals surface area (Å²) in [6.45, 7) is 2.65. The first-order valence-electron chi connectivity index (χ1n) is 11.3. The van der Waals surface area contributed by atoms with Gasteiger partial charge in [0.25, 0.3) is 0 Å². The van der Waals surface area contributed by atoms with Crippen molar-refractivity contribution in [1.29, 1.82) is 0 Å². The van der Waals surface area contributed by atoms with Crippen molar-refractivity contribution in [2.75, 3.05) is 25.9 Å². The molecule has 178 valence electrons. The number of nitrogens with one attached hydrogen (secondary N) is 1. The molecule has 2 aromatic carbocycles. The van der Waals surface area contributed by atoms with Gasteiger partial charge in [0.2, 0.25) is 0 Å². The Balaban J connectivity index is 1.23. The van der Waals surface area contributed by atoms with Gasteiger partial charge in [0.05, 0.1) is 17.1 Å². The fraction of sp³-hybridized carbons (Fsp3) is 0.308. The van der Waals surface area contributed by atoms with Crippen LogP contribution in [0.2, 0.25) is 0 Å². The van der Waals surface area contributed by atoms with E-state index in [1.54, 1.807) is 36.4 Å². The number of benzene rings is 2. The maximum absolute atomic E-state index is 13.3. The van der Waals surface area contributed by atoms with Gasteiger partial charge in [-0.2, -0.15) is 0 Å². The maximum Gasteiger partial charge on any atom is 0.176 e. The third kappa shape index (κ3) is 6.34. The summed E-state index contributed by atoms with van der Waals surface area (Å²) in [6.07, 6.45) is 4.90. The van der Waals surface area contributed by atoms with E-state index >= 15 is 0 Å². The quantitative estimate of drug-likeness (QED) is 0.494. The smallest absolute Gasteiger partial charge is 0.176 e. The number of ketones is 1. The van der Waals surface area contributed by atoms with Crippen LogP contribution in [0.5, 0.6) is 0 Å². The van der Waals surface area contributed by atoms with Crippen LogP contribution in [0.15, 0.2) is 71.8 Å². The highest BCUT2D eigenvalue weighted by molar-refractivity contribution is 7.90. The molecular weight excluding hydrogens is 453 g/mol. The molecule has 0 amide bonds. The summed E-state index contributed by atoms with van der Waals surface area (Å²) >= 11 is 0. The fourth-order valence-electron chi connectivity index (χ4n) is 4.09. The van der Waals surface area contributed by atoms with Crippen molar-refractivity contribution in [2.45, 2.75) is 30.3 Å². The van der Waals surface area contributed by atoms with E-state index in [-0.39, 0.29) is 11.6 Å². The van der Waals surface area contributed by atoms with Crippen LogP contribution in [0.25, 0.3) is 11.3 Å². The molecule has 6 nitrogen and oxygen atoms in total. The first-order chi connectivity index (χ1) is 16.3. The predicted octanol–water partition coefficient (Wildman–Crippen LogP) is 3.73. The summed E-state index contributed by atoms with van der Waals surface area (Å²) in [5.41, 5.74) is 3.15.